The third-order valence-corrected chi connectivity index (χ3v) is 2.39. The van der Waals surface area contributed by atoms with Gasteiger partial charge in [-0.05, 0) is 6.92 Å². The molecule has 2 aromatic rings. The van der Waals surface area contributed by atoms with E-state index in [2.05, 4.69) is 25.6 Å². The van der Waals surface area contributed by atoms with Crippen LogP contribution < -0.4 is 11.1 Å². The Kier molecular flexibility index (Phi) is 3.34. The van der Waals surface area contributed by atoms with Crippen LogP contribution in [0.1, 0.15) is 35.0 Å². The molecule has 0 spiro atoms. The first kappa shape index (κ1) is 13.8. The average molecular weight is 289 g/mol. The quantitative estimate of drug-likeness (QED) is 0.659. The van der Waals surface area contributed by atoms with E-state index in [1.165, 1.54) is 0 Å². The van der Waals surface area contributed by atoms with Crippen molar-refractivity contribution in [1.82, 2.24) is 30.7 Å². The summed E-state index contributed by atoms with van der Waals surface area (Å²) >= 11 is 0. The zero-order chi connectivity index (χ0) is 14.9. The summed E-state index contributed by atoms with van der Waals surface area (Å²) in [5.74, 6) is -0.498. The van der Waals surface area contributed by atoms with E-state index in [9.17, 15) is 18.0 Å². The molecule has 2 heterocycles. The molecule has 2 aromatic heterocycles. The highest BCUT2D eigenvalue weighted by Crippen LogP contribution is 2.27. The molecule has 0 aromatic carbocycles. The molecule has 0 radical (unpaired) electrons. The second kappa shape index (κ2) is 4.83. The van der Waals surface area contributed by atoms with Crippen LogP contribution in [0.2, 0.25) is 0 Å². The number of anilines is 1. The number of amides is 1. The molecule has 0 aliphatic heterocycles. The van der Waals surface area contributed by atoms with Crippen LogP contribution in [0.5, 0.6) is 0 Å². The van der Waals surface area contributed by atoms with E-state index in [0.29, 0.717) is 6.07 Å². The van der Waals surface area contributed by atoms with E-state index in [1.807, 2.05) is 0 Å². The van der Waals surface area contributed by atoms with Gasteiger partial charge in [-0.25, -0.2) is 0 Å². The monoisotopic (exact) mass is 289 g/mol. The summed E-state index contributed by atoms with van der Waals surface area (Å²) in [7, 11) is 0. The molecule has 8 nitrogen and oxygen atoms in total. The van der Waals surface area contributed by atoms with Crippen molar-refractivity contribution in [2.24, 2.45) is 0 Å². The highest BCUT2D eigenvalue weighted by Gasteiger charge is 2.34. The first-order chi connectivity index (χ1) is 9.27. The molecule has 1 amide bonds. The average Bonchev–Trinajstić information content (AvgIpc) is 2.95. The maximum absolute atomic E-state index is 12.4. The van der Waals surface area contributed by atoms with Crippen molar-refractivity contribution < 1.29 is 18.0 Å². The summed E-state index contributed by atoms with van der Waals surface area (Å²) in [4.78, 5) is 15.5. The zero-order valence-corrected chi connectivity index (χ0v) is 10.1. The van der Waals surface area contributed by atoms with Crippen molar-refractivity contribution >= 4 is 11.9 Å². The molecule has 0 bridgehead atoms. The van der Waals surface area contributed by atoms with Gasteiger partial charge in [-0.2, -0.15) is 23.3 Å². The lowest BCUT2D eigenvalue weighted by molar-refractivity contribution is -0.141. The van der Waals surface area contributed by atoms with Crippen LogP contribution in [0.4, 0.5) is 19.1 Å². The summed E-state index contributed by atoms with van der Waals surface area (Å²) < 4.78 is 37.1. The molecule has 0 aliphatic rings. The van der Waals surface area contributed by atoms with Gasteiger partial charge in [-0.1, -0.05) is 0 Å². The van der Waals surface area contributed by atoms with Gasteiger partial charge in [0.1, 0.15) is 11.5 Å². The molecule has 5 N–H and O–H groups in total. The Balaban J connectivity index is 2.07. The standard InChI is InChI=1S/C9H10F3N7O/c1-3(6-15-8(13)19-18-6)14-7(20)4-2-5(17-16-4)9(10,11)12/h2-3H,1H3,(H,14,20)(H,16,17)(H3,13,15,18,19)/t3-/m0/s1. The Morgan fingerprint density at radius 3 is 2.60 bits per heavy atom. The number of nitrogen functional groups attached to an aromatic ring is 1. The molecule has 0 fully saturated rings. The van der Waals surface area contributed by atoms with Crippen molar-refractivity contribution in [3.8, 4) is 0 Å². The summed E-state index contributed by atoms with van der Waals surface area (Å²) in [6.45, 7) is 1.56. The van der Waals surface area contributed by atoms with Crippen LogP contribution in [0.15, 0.2) is 6.07 Å². The van der Waals surface area contributed by atoms with Crippen molar-refractivity contribution in [2.75, 3.05) is 5.73 Å². The lowest BCUT2D eigenvalue weighted by atomic mass is 10.3. The first-order valence-corrected chi connectivity index (χ1v) is 5.38. The number of nitrogens with one attached hydrogen (secondary N) is 3. The second-order valence-electron chi connectivity index (χ2n) is 3.94. The fraction of sp³-hybridized carbons (Fsp3) is 0.333. The normalized spacial score (nSPS) is 13.2. The van der Waals surface area contributed by atoms with Gasteiger partial charge in [0.25, 0.3) is 5.91 Å². The Morgan fingerprint density at radius 2 is 2.10 bits per heavy atom. The first-order valence-electron chi connectivity index (χ1n) is 5.38. The van der Waals surface area contributed by atoms with Crippen molar-refractivity contribution in [3.05, 3.63) is 23.3 Å². The number of nitrogens with two attached hydrogens (primary N) is 1. The number of halogens is 3. The number of nitrogens with zero attached hydrogens (tertiary/aromatic N) is 3. The molecule has 0 aliphatic carbocycles. The summed E-state index contributed by atoms with van der Waals surface area (Å²) in [5, 5.41) is 13.5. The molecule has 108 valence electrons. The minimum absolute atomic E-state index is 0.000209. The molecule has 0 saturated heterocycles. The fourth-order valence-electron chi connectivity index (χ4n) is 1.40. The summed E-state index contributed by atoms with van der Waals surface area (Å²) in [5.41, 5.74) is 3.82. The van der Waals surface area contributed by atoms with E-state index in [1.54, 1.807) is 12.0 Å². The van der Waals surface area contributed by atoms with E-state index in [0.717, 1.165) is 0 Å². The predicted octanol–water partition coefficient (Wildman–Crippen LogP) is 0.620. The fourth-order valence-corrected chi connectivity index (χ4v) is 1.40. The van der Waals surface area contributed by atoms with Crippen LogP contribution >= 0.6 is 0 Å². The van der Waals surface area contributed by atoms with Gasteiger partial charge in [0.2, 0.25) is 5.95 Å². The molecule has 2 rings (SSSR count). The molecular weight excluding hydrogens is 279 g/mol. The van der Waals surface area contributed by atoms with Crippen molar-refractivity contribution in [1.29, 1.82) is 0 Å². The Morgan fingerprint density at radius 1 is 1.40 bits per heavy atom. The van der Waals surface area contributed by atoms with Gasteiger partial charge in [-0.15, -0.1) is 5.10 Å². The van der Waals surface area contributed by atoms with Gasteiger partial charge >= 0.3 is 6.18 Å². The number of rotatable bonds is 3. The Labute approximate surface area is 110 Å². The summed E-state index contributed by atoms with van der Waals surface area (Å²) in [6.07, 6.45) is -4.59. The molecular formula is C9H10F3N7O. The SMILES string of the molecule is C[C@H](NC(=O)c1cc(C(F)(F)F)[nH]n1)c1nc(N)n[nH]1. The van der Waals surface area contributed by atoms with Crippen LogP contribution in [-0.2, 0) is 6.18 Å². The Hall–Kier alpha value is -2.59. The summed E-state index contributed by atoms with van der Waals surface area (Å²) in [6, 6.07) is 0.00917. The number of hydrogen-bond acceptors (Lipinski definition) is 5. The smallest absolute Gasteiger partial charge is 0.367 e. The number of carbonyl (C=O) groups excluding carboxylic acids is 1. The van der Waals surface area contributed by atoms with Gasteiger partial charge in [0.15, 0.2) is 5.69 Å². The lowest BCUT2D eigenvalue weighted by Gasteiger charge is -2.09. The highest BCUT2D eigenvalue weighted by atomic mass is 19.4. The molecule has 11 heteroatoms. The van der Waals surface area contributed by atoms with E-state index in [-0.39, 0.29) is 17.5 Å². The van der Waals surface area contributed by atoms with Gasteiger partial charge in [-0.3, -0.25) is 15.0 Å². The number of aromatic nitrogens is 5. The Bertz CT molecular complexity index is 617. The van der Waals surface area contributed by atoms with Gasteiger partial charge in [0, 0.05) is 6.07 Å². The highest BCUT2D eigenvalue weighted by molar-refractivity contribution is 5.92. The number of H-pyrrole nitrogens is 2. The number of alkyl halides is 3. The third kappa shape index (κ3) is 2.87. The van der Waals surface area contributed by atoms with E-state index < -0.39 is 23.8 Å². The maximum atomic E-state index is 12.4. The van der Waals surface area contributed by atoms with Gasteiger partial charge in [0.05, 0.1) is 6.04 Å². The molecule has 0 unspecified atom stereocenters. The molecule has 20 heavy (non-hydrogen) atoms. The van der Waals surface area contributed by atoms with Gasteiger partial charge < -0.3 is 11.1 Å². The maximum Gasteiger partial charge on any atom is 0.432 e. The van der Waals surface area contributed by atoms with Crippen LogP contribution in [0.25, 0.3) is 0 Å². The molecule has 0 saturated carbocycles. The minimum atomic E-state index is -4.59. The van der Waals surface area contributed by atoms with Crippen LogP contribution in [-0.4, -0.2) is 31.3 Å². The van der Waals surface area contributed by atoms with Crippen molar-refractivity contribution in [2.45, 2.75) is 19.1 Å². The number of hydrogen-bond donors (Lipinski definition) is 4. The second-order valence-corrected chi connectivity index (χ2v) is 3.94. The largest absolute Gasteiger partial charge is 0.432 e. The van der Waals surface area contributed by atoms with E-state index in [4.69, 9.17) is 5.73 Å². The minimum Gasteiger partial charge on any atom is -0.367 e. The van der Waals surface area contributed by atoms with E-state index >= 15 is 0 Å². The lowest BCUT2D eigenvalue weighted by Crippen LogP contribution is -2.27. The topological polar surface area (TPSA) is 125 Å². The predicted molar refractivity (Wildman–Crippen MR) is 60.3 cm³/mol. The van der Waals surface area contributed by atoms with Crippen molar-refractivity contribution in [3.63, 3.8) is 0 Å². The zero-order valence-electron chi connectivity index (χ0n) is 10.1. The third-order valence-electron chi connectivity index (χ3n) is 2.39. The molecule has 1 atom stereocenters. The van der Waals surface area contributed by atoms with Crippen LogP contribution in [0, 0.1) is 0 Å². The number of carbonyl (C=O) groups is 1. The van der Waals surface area contributed by atoms with Crippen LogP contribution in [0.3, 0.4) is 0 Å². The number of aromatic amines is 2.